The van der Waals surface area contributed by atoms with E-state index in [1.54, 1.807) is 23.1 Å². The van der Waals surface area contributed by atoms with Gasteiger partial charge in [-0.25, -0.2) is 14.4 Å². The number of hydrogen-bond acceptors (Lipinski definition) is 5. The molecule has 142 valence electrons. The number of anilines is 3. The fourth-order valence-corrected chi connectivity index (χ4v) is 3.13. The van der Waals surface area contributed by atoms with Gasteiger partial charge in [0.2, 0.25) is 6.41 Å². The molecule has 3 aromatic rings. The van der Waals surface area contributed by atoms with Gasteiger partial charge in [-0.2, -0.15) is 0 Å². The van der Waals surface area contributed by atoms with Gasteiger partial charge in [0.05, 0.1) is 5.69 Å². The van der Waals surface area contributed by atoms with Crippen molar-refractivity contribution in [1.29, 1.82) is 0 Å². The van der Waals surface area contributed by atoms with Gasteiger partial charge in [0.25, 0.3) is 0 Å². The van der Waals surface area contributed by atoms with Crippen molar-refractivity contribution in [3.8, 4) is 11.4 Å². The number of carbonyl (C=O) groups excluding carboxylic acids is 1. The first-order valence-electron chi connectivity index (χ1n) is 9.13. The molecule has 1 aliphatic heterocycles. The molecule has 7 heteroatoms. The quantitative estimate of drug-likeness (QED) is 0.692. The smallest absolute Gasteiger partial charge is 0.209 e. The van der Waals surface area contributed by atoms with Gasteiger partial charge < -0.3 is 15.1 Å². The molecule has 1 amide bonds. The lowest BCUT2D eigenvalue weighted by molar-refractivity contribution is -0.118. The number of halogens is 1. The highest BCUT2D eigenvalue weighted by molar-refractivity contribution is 5.66. The van der Waals surface area contributed by atoms with Crippen molar-refractivity contribution in [2.45, 2.75) is 0 Å². The van der Waals surface area contributed by atoms with Gasteiger partial charge in [0, 0.05) is 37.8 Å². The maximum absolute atomic E-state index is 14.1. The summed E-state index contributed by atoms with van der Waals surface area (Å²) >= 11 is 0. The number of piperazine rings is 1. The van der Waals surface area contributed by atoms with E-state index in [9.17, 15) is 9.18 Å². The molecule has 1 aliphatic rings. The monoisotopic (exact) mass is 377 g/mol. The number of para-hydroxylation sites is 1. The van der Waals surface area contributed by atoms with E-state index in [-0.39, 0.29) is 5.82 Å². The van der Waals surface area contributed by atoms with Crippen LogP contribution in [0.1, 0.15) is 0 Å². The molecular weight excluding hydrogens is 357 g/mol. The summed E-state index contributed by atoms with van der Waals surface area (Å²) in [7, 11) is 0. The molecule has 0 bridgehead atoms. The van der Waals surface area contributed by atoms with Crippen LogP contribution in [0.3, 0.4) is 0 Å². The number of benzene rings is 2. The maximum Gasteiger partial charge on any atom is 0.209 e. The molecule has 4 rings (SSSR count). The summed E-state index contributed by atoms with van der Waals surface area (Å²) in [6, 6.07) is 18.0. The molecule has 1 saturated heterocycles. The first-order valence-corrected chi connectivity index (χ1v) is 9.13. The molecule has 1 aromatic heterocycles. The van der Waals surface area contributed by atoms with Crippen molar-refractivity contribution in [3.63, 3.8) is 0 Å². The lowest BCUT2D eigenvalue weighted by Gasteiger charge is -2.33. The van der Waals surface area contributed by atoms with Gasteiger partial charge in [-0.1, -0.05) is 42.5 Å². The molecular formula is C21H20FN5O. The van der Waals surface area contributed by atoms with Crippen LogP contribution < -0.4 is 10.2 Å². The van der Waals surface area contributed by atoms with Crippen molar-refractivity contribution in [2.75, 3.05) is 36.4 Å². The zero-order chi connectivity index (χ0) is 19.3. The highest BCUT2D eigenvalue weighted by Crippen LogP contribution is 2.26. The van der Waals surface area contributed by atoms with Crippen LogP contribution in [-0.4, -0.2) is 47.5 Å². The van der Waals surface area contributed by atoms with Crippen molar-refractivity contribution < 1.29 is 9.18 Å². The third kappa shape index (κ3) is 3.93. The number of hydrogen-bond donors (Lipinski definition) is 1. The first kappa shape index (κ1) is 17.9. The first-order chi connectivity index (χ1) is 13.7. The SMILES string of the molecule is O=CN1CCN(c2cc(Nc3ccccc3F)nc(-c3ccccc3)n2)CC1. The highest BCUT2D eigenvalue weighted by Gasteiger charge is 2.19. The second-order valence-electron chi connectivity index (χ2n) is 6.53. The second-order valence-corrected chi connectivity index (χ2v) is 6.53. The Kier molecular flexibility index (Phi) is 5.14. The van der Waals surface area contributed by atoms with Gasteiger partial charge in [-0.3, -0.25) is 4.79 Å². The molecule has 0 aliphatic carbocycles. The predicted molar refractivity (Wildman–Crippen MR) is 107 cm³/mol. The summed E-state index contributed by atoms with van der Waals surface area (Å²) < 4.78 is 14.1. The summed E-state index contributed by atoms with van der Waals surface area (Å²) in [5, 5.41) is 3.06. The summed E-state index contributed by atoms with van der Waals surface area (Å²) in [4.78, 5) is 24.1. The van der Waals surface area contributed by atoms with Gasteiger partial charge in [0.1, 0.15) is 17.5 Å². The third-order valence-corrected chi connectivity index (χ3v) is 4.67. The fraction of sp³-hybridized carbons (Fsp3) is 0.190. The highest BCUT2D eigenvalue weighted by atomic mass is 19.1. The molecule has 0 saturated carbocycles. The van der Waals surface area contributed by atoms with Crippen molar-refractivity contribution in [1.82, 2.24) is 14.9 Å². The molecule has 2 heterocycles. The zero-order valence-corrected chi connectivity index (χ0v) is 15.3. The minimum absolute atomic E-state index is 0.344. The summed E-state index contributed by atoms with van der Waals surface area (Å²) in [5.74, 6) is 1.49. The maximum atomic E-state index is 14.1. The Balaban J connectivity index is 1.69. The summed E-state index contributed by atoms with van der Waals surface area (Å²) in [6.07, 6.45) is 0.873. The second kappa shape index (κ2) is 8.04. The molecule has 28 heavy (non-hydrogen) atoms. The Morgan fingerprint density at radius 2 is 1.64 bits per heavy atom. The number of rotatable bonds is 5. The van der Waals surface area contributed by atoms with Crippen LogP contribution in [0.2, 0.25) is 0 Å². The number of amides is 1. The van der Waals surface area contributed by atoms with E-state index in [4.69, 9.17) is 4.98 Å². The van der Waals surface area contributed by atoms with E-state index in [0.29, 0.717) is 43.5 Å². The van der Waals surface area contributed by atoms with Crippen LogP contribution in [0.15, 0.2) is 60.7 Å². The summed E-state index contributed by atoms with van der Waals surface area (Å²) in [6.45, 7) is 2.65. The van der Waals surface area contributed by atoms with Gasteiger partial charge in [-0.05, 0) is 12.1 Å². The standard InChI is InChI=1S/C21H20FN5O/c22-17-8-4-5-9-18(17)23-19-14-20(27-12-10-26(15-28)11-13-27)25-21(24-19)16-6-2-1-3-7-16/h1-9,14-15H,10-13H2,(H,23,24,25). The lowest BCUT2D eigenvalue weighted by atomic mass is 10.2. The van der Waals surface area contributed by atoms with E-state index in [2.05, 4.69) is 15.2 Å². The van der Waals surface area contributed by atoms with E-state index in [1.165, 1.54) is 6.07 Å². The van der Waals surface area contributed by atoms with Gasteiger partial charge in [-0.15, -0.1) is 0 Å². The van der Waals surface area contributed by atoms with Crippen LogP contribution in [0.5, 0.6) is 0 Å². The van der Waals surface area contributed by atoms with Crippen LogP contribution in [0.25, 0.3) is 11.4 Å². The van der Waals surface area contributed by atoms with Crippen molar-refractivity contribution in [2.24, 2.45) is 0 Å². The average molecular weight is 377 g/mol. The third-order valence-electron chi connectivity index (χ3n) is 4.67. The summed E-state index contributed by atoms with van der Waals surface area (Å²) in [5.41, 5.74) is 1.24. The fourth-order valence-electron chi connectivity index (χ4n) is 3.13. The number of nitrogens with zero attached hydrogens (tertiary/aromatic N) is 4. The van der Waals surface area contributed by atoms with Crippen molar-refractivity contribution >= 4 is 23.7 Å². The largest absolute Gasteiger partial charge is 0.353 e. The zero-order valence-electron chi connectivity index (χ0n) is 15.3. The van der Waals surface area contributed by atoms with Gasteiger partial charge in [0.15, 0.2) is 5.82 Å². The minimum atomic E-state index is -0.344. The minimum Gasteiger partial charge on any atom is -0.353 e. The number of nitrogens with one attached hydrogen (secondary N) is 1. The molecule has 0 unspecified atom stereocenters. The van der Waals surface area contributed by atoms with E-state index in [1.807, 2.05) is 36.4 Å². The molecule has 2 aromatic carbocycles. The van der Waals surface area contributed by atoms with E-state index >= 15 is 0 Å². The average Bonchev–Trinajstić information content (AvgIpc) is 2.76. The van der Waals surface area contributed by atoms with Crippen LogP contribution in [0, 0.1) is 5.82 Å². The van der Waals surface area contributed by atoms with Gasteiger partial charge >= 0.3 is 0 Å². The van der Waals surface area contributed by atoms with Crippen LogP contribution in [0.4, 0.5) is 21.7 Å². The molecule has 0 radical (unpaired) electrons. The van der Waals surface area contributed by atoms with Crippen LogP contribution >= 0.6 is 0 Å². The lowest BCUT2D eigenvalue weighted by Crippen LogP contribution is -2.46. The van der Waals surface area contributed by atoms with E-state index in [0.717, 1.165) is 17.8 Å². The normalized spacial score (nSPS) is 14.0. The Labute approximate surface area is 162 Å². The molecule has 0 atom stereocenters. The Morgan fingerprint density at radius 3 is 2.36 bits per heavy atom. The molecule has 0 spiro atoms. The molecule has 1 N–H and O–H groups in total. The number of carbonyl (C=O) groups is 1. The van der Waals surface area contributed by atoms with Crippen LogP contribution in [-0.2, 0) is 4.79 Å². The number of aromatic nitrogens is 2. The topological polar surface area (TPSA) is 61.4 Å². The Bertz CT molecular complexity index is 958. The Morgan fingerprint density at radius 1 is 0.929 bits per heavy atom. The van der Waals surface area contributed by atoms with Crippen molar-refractivity contribution in [3.05, 3.63) is 66.5 Å². The van der Waals surface area contributed by atoms with E-state index < -0.39 is 0 Å². The Hall–Kier alpha value is -3.48. The molecule has 1 fully saturated rings. The molecule has 6 nitrogen and oxygen atoms in total. The predicted octanol–water partition coefficient (Wildman–Crippen LogP) is 3.30.